The Morgan fingerprint density at radius 2 is 1.93 bits per heavy atom. The molecule has 7 heteroatoms. The number of carboxylic acid groups (broad SMARTS) is 1. The highest BCUT2D eigenvalue weighted by Gasteiger charge is 2.19. The number of amides is 1. The number of methoxy groups -OCH3 is 2. The molecule has 0 saturated heterocycles. The van der Waals surface area contributed by atoms with Crippen LogP contribution in [0.4, 0.5) is 0 Å². The maximum absolute atomic E-state index is 12.5. The number of nitrogens with zero attached hydrogens (tertiary/aromatic N) is 1. The van der Waals surface area contributed by atoms with E-state index in [4.69, 9.17) is 14.7 Å². The standard InChI is InChI=1S/C21H22N2O5/c1-27-18-8-4-7-16(21(18)28-2)11-19(24)23-17(12-20(25)26)10-14-5-3-6-15(9-14)13-22/h3-9,17H,10-12H2,1-2H3,(H,23,24)(H,25,26). The number of hydrogen-bond acceptors (Lipinski definition) is 5. The van der Waals surface area contributed by atoms with Gasteiger partial charge in [-0.15, -0.1) is 0 Å². The molecule has 0 aliphatic carbocycles. The number of carbonyl (C=O) groups is 2. The maximum atomic E-state index is 12.5. The molecule has 1 amide bonds. The normalized spacial score (nSPS) is 11.2. The number of carboxylic acids is 1. The number of hydrogen-bond donors (Lipinski definition) is 2. The molecule has 146 valence electrons. The Kier molecular flexibility index (Phi) is 7.40. The van der Waals surface area contributed by atoms with Crippen molar-refractivity contribution < 1.29 is 24.2 Å². The molecule has 0 bridgehead atoms. The predicted molar refractivity (Wildman–Crippen MR) is 102 cm³/mol. The first-order valence-corrected chi connectivity index (χ1v) is 8.66. The number of rotatable bonds is 9. The smallest absolute Gasteiger partial charge is 0.305 e. The van der Waals surface area contributed by atoms with Gasteiger partial charge in [-0.25, -0.2) is 0 Å². The Balaban J connectivity index is 2.13. The molecule has 0 spiro atoms. The molecular formula is C21H22N2O5. The van der Waals surface area contributed by atoms with Gasteiger partial charge in [-0.2, -0.15) is 5.26 Å². The molecule has 2 aromatic carbocycles. The third kappa shape index (κ3) is 5.74. The Hall–Kier alpha value is -3.53. The van der Waals surface area contributed by atoms with Crippen LogP contribution >= 0.6 is 0 Å². The molecule has 0 fully saturated rings. The first-order valence-electron chi connectivity index (χ1n) is 8.66. The lowest BCUT2D eigenvalue weighted by molar-refractivity contribution is -0.137. The van der Waals surface area contributed by atoms with Crippen molar-refractivity contribution in [2.24, 2.45) is 0 Å². The lowest BCUT2D eigenvalue weighted by Crippen LogP contribution is -2.39. The van der Waals surface area contributed by atoms with Gasteiger partial charge in [0.05, 0.1) is 38.7 Å². The topological polar surface area (TPSA) is 109 Å². The van der Waals surface area contributed by atoms with Gasteiger partial charge in [0.15, 0.2) is 11.5 Å². The zero-order valence-electron chi connectivity index (χ0n) is 15.8. The number of nitriles is 1. The lowest BCUT2D eigenvalue weighted by atomic mass is 10.0. The summed E-state index contributed by atoms with van der Waals surface area (Å²) in [6.45, 7) is 0. The quantitative estimate of drug-likeness (QED) is 0.689. The molecule has 0 aliphatic heterocycles. The highest BCUT2D eigenvalue weighted by molar-refractivity contribution is 5.80. The summed E-state index contributed by atoms with van der Waals surface area (Å²) in [6, 6.07) is 13.6. The van der Waals surface area contributed by atoms with E-state index >= 15 is 0 Å². The van der Waals surface area contributed by atoms with E-state index in [9.17, 15) is 14.7 Å². The SMILES string of the molecule is COc1cccc(CC(=O)NC(CC(=O)O)Cc2cccc(C#N)c2)c1OC. The third-order valence-electron chi connectivity index (χ3n) is 4.16. The van der Waals surface area contributed by atoms with Gasteiger partial charge < -0.3 is 19.9 Å². The zero-order valence-corrected chi connectivity index (χ0v) is 15.8. The van der Waals surface area contributed by atoms with Gasteiger partial charge in [0.2, 0.25) is 5.91 Å². The molecule has 1 unspecified atom stereocenters. The summed E-state index contributed by atoms with van der Waals surface area (Å²) >= 11 is 0. The average molecular weight is 382 g/mol. The highest BCUT2D eigenvalue weighted by atomic mass is 16.5. The van der Waals surface area contributed by atoms with Crippen molar-refractivity contribution in [2.75, 3.05) is 14.2 Å². The van der Waals surface area contributed by atoms with Crippen LogP contribution in [0.2, 0.25) is 0 Å². The van der Waals surface area contributed by atoms with Crippen molar-refractivity contribution in [1.29, 1.82) is 5.26 Å². The summed E-state index contributed by atoms with van der Waals surface area (Å²) in [5, 5.41) is 21.0. The van der Waals surface area contributed by atoms with Crippen LogP contribution in [0.15, 0.2) is 42.5 Å². The average Bonchev–Trinajstić information content (AvgIpc) is 2.67. The lowest BCUT2D eigenvalue weighted by Gasteiger charge is -2.18. The predicted octanol–water partition coefficient (Wildman–Crippen LogP) is 2.32. The van der Waals surface area contributed by atoms with Crippen LogP contribution in [0.5, 0.6) is 11.5 Å². The molecule has 0 aromatic heterocycles. The van der Waals surface area contributed by atoms with Gasteiger partial charge >= 0.3 is 5.97 Å². The van der Waals surface area contributed by atoms with Crippen molar-refractivity contribution in [2.45, 2.75) is 25.3 Å². The van der Waals surface area contributed by atoms with E-state index in [0.717, 1.165) is 5.56 Å². The van der Waals surface area contributed by atoms with E-state index in [2.05, 4.69) is 5.32 Å². The van der Waals surface area contributed by atoms with E-state index in [1.807, 2.05) is 6.07 Å². The molecule has 2 rings (SSSR count). The second-order valence-corrected chi connectivity index (χ2v) is 6.21. The molecule has 0 radical (unpaired) electrons. The van der Waals surface area contributed by atoms with Crippen LogP contribution in [-0.4, -0.2) is 37.2 Å². The summed E-state index contributed by atoms with van der Waals surface area (Å²) in [5.74, 6) is -0.352. The van der Waals surface area contributed by atoms with Crippen LogP contribution in [0.25, 0.3) is 0 Å². The summed E-state index contributed by atoms with van der Waals surface area (Å²) in [4.78, 5) is 23.7. The minimum Gasteiger partial charge on any atom is -0.493 e. The van der Waals surface area contributed by atoms with E-state index in [1.54, 1.807) is 42.5 Å². The van der Waals surface area contributed by atoms with Crippen molar-refractivity contribution in [1.82, 2.24) is 5.32 Å². The summed E-state index contributed by atoms with van der Waals surface area (Å²) in [5.41, 5.74) is 1.91. The fraction of sp³-hybridized carbons (Fsp3) is 0.286. The third-order valence-corrected chi connectivity index (χ3v) is 4.16. The second-order valence-electron chi connectivity index (χ2n) is 6.21. The minimum atomic E-state index is -1.01. The second kappa shape index (κ2) is 9.97. The number of benzene rings is 2. The Morgan fingerprint density at radius 1 is 1.18 bits per heavy atom. The van der Waals surface area contributed by atoms with Crippen molar-refractivity contribution in [3.63, 3.8) is 0 Å². The van der Waals surface area contributed by atoms with Crippen LogP contribution in [0.1, 0.15) is 23.1 Å². The van der Waals surface area contributed by atoms with Crippen LogP contribution in [-0.2, 0) is 22.4 Å². The highest BCUT2D eigenvalue weighted by Crippen LogP contribution is 2.30. The van der Waals surface area contributed by atoms with Crippen molar-refractivity contribution in [3.8, 4) is 17.6 Å². The van der Waals surface area contributed by atoms with Gasteiger partial charge in [0.1, 0.15) is 0 Å². The van der Waals surface area contributed by atoms with E-state index in [0.29, 0.717) is 29.0 Å². The van der Waals surface area contributed by atoms with E-state index in [1.165, 1.54) is 14.2 Å². The number of para-hydroxylation sites is 1. The minimum absolute atomic E-state index is 0.0225. The number of aliphatic carboxylic acids is 1. The van der Waals surface area contributed by atoms with Crippen molar-refractivity contribution >= 4 is 11.9 Å². The first kappa shape index (κ1) is 20.8. The monoisotopic (exact) mass is 382 g/mol. The molecule has 2 aromatic rings. The first-order chi connectivity index (χ1) is 13.5. The molecule has 0 heterocycles. The van der Waals surface area contributed by atoms with Crippen LogP contribution in [0, 0.1) is 11.3 Å². The van der Waals surface area contributed by atoms with E-state index < -0.39 is 12.0 Å². The molecule has 28 heavy (non-hydrogen) atoms. The molecule has 7 nitrogen and oxygen atoms in total. The number of carbonyl (C=O) groups excluding carboxylic acids is 1. The number of ether oxygens (including phenoxy) is 2. The van der Waals surface area contributed by atoms with Crippen LogP contribution < -0.4 is 14.8 Å². The summed E-state index contributed by atoms with van der Waals surface area (Å²) < 4.78 is 10.6. The molecular weight excluding hydrogens is 360 g/mol. The molecule has 2 N–H and O–H groups in total. The fourth-order valence-electron chi connectivity index (χ4n) is 2.98. The molecule has 1 atom stereocenters. The Bertz CT molecular complexity index is 889. The van der Waals surface area contributed by atoms with Gasteiger partial charge in [-0.3, -0.25) is 9.59 Å². The zero-order chi connectivity index (χ0) is 20.5. The van der Waals surface area contributed by atoms with Crippen molar-refractivity contribution in [3.05, 3.63) is 59.2 Å². The van der Waals surface area contributed by atoms with Gasteiger partial charge in [-0.05, 0) is 30.2 Å². The Morgan fingerprint density at radius 3 is 2.57 bits per heavy atom. The maximum Gasteiger partial charge on any atom is 0.305 e. The van der Waals surface area contributed by atoms with Crippen LogP contribution in [0.3, 0.4) is 0 Å². The van der Waals surface area contributed by atoms with Gasteiger partial charge in [0.25, 0.3) is 0 Å². The Labute approximate surface area is 163 Å². The largest absolute Gasteiger partial charge is 0.493 e. The fourth-order valence-corrected chi connectivity index (χ4v) is 2.98. The summed E-state index contributed by atoms with van der Waals surface area (Å²) in [7, 11) is 3.01. The number of nitrogens with one attached hydrogen (secondary N) is 1. The summed E-state index contributed by atoms with van der Waals surface area (Å²) in [6.07, 6.45) is 0.106. The van der Waals surface area contributed by atoms with Gasteiger partial charge in [-0.1, -0.05) is 24.3 Å². The molecule has 0 saturated carbocycles. The van der Waals surface area contributed by atoms with Gasteiger partial charge in [0, 0.05) is 11.6 Å². The van der Waals surface area contributed by atoms with E-state index in [-0.39, 0.29) is 18.7 Å². The molecule has 0 aliphatic rings.